The average Bonchev–Trinajstić information content (AvgIpc) is 2.64. The number of hydrogen-bond acceptors (Lipinski definition) is 3. The Kier molecular flexibility index (Phi) is 5.90. The summed E-state index contributed by atoms with van der Waals surface area (Å²) in [5.74, 6) is 0.878. The van der Waals surface area contributed by atoms with Gasteiger partial charge < -0.3 is 4.74 Å². The zero-order valence-corrected chi connectivity index (χ0v) is 15.1. The Labute approximate surface area is 153 Å². The zero-order valence-electron chi connectivity index (χ0n) is 14.4. The van der Waals surface area contributed by atoms with E-state index in [-0.39, 0.29) is 5.78 Å². The van der Waals surface area contributed by atoms with Crippen LogP contribution >= 0.6 is 11.6 Å². The first kappa shape index (κ1) is 17.7. The highest BCUT2D eigenvalue weighted by Gasteiger charge is 2.20. The maximum Gasteiger partial charge on any atom is 0.161 e. The van der Waals surface area contributed by atoms with Crippen LogP contribution in [0.3, 0.4) is 0 Å². The van der Waals surface area contributed by atoms with E-state index in [2.05, 4.69) is 11.8 Å². The maximum atomic E-state index is 12.1. The van der Waals surface area contributed by atoms with Crippen molar-refractivity contribution >= 4 is 23.5 Å². The number of halogens is 1. The number of benzene rings is 2. The average molecular weight is 356 g/mol. The number of Topliss-reactive ketones (excluding diaryl/α,β-unsaturated/α-hetero) is 1. The van der Waals surface area contributed by atoms with Gasteiger partial charge in [-0.3, -0.25) is 9.69 Å². The molecule has 4 heteroatoms. The van der Waals surface area contributed by atoms with Crippen LogP contribution in [0.25, 0.3) is 6.08 Å². The number of rotatable bonds is 5. The van der Waals surface area contributed by atoms with Crippen molar-refractivity contribution in [2.45, 2.75) is 20.0 Å². The van der Waals surface area contributed by atoms with Crippen LogP contribution in [-0.4, -0.2) is 30.3 Å². The van der Waals surface area contributed by atoms with E-state index in [0.717, 1.165) is 29.8 Å². The minimum Gasteiger partial charge on any atom is -0.487 e. The van der Waals surface area contributed by atoms with Gasteiger partial charge in [-0.15, -0.1) is 0 Å². The molecule has 0 aromatic heterocycles. The lowest BCUT2D eigenvalue weighted by atomic mass is 10.0. The molecule has 0 unspecified atom stereocenters. The number of likely N-dealkylation sites (tertiary alicyclic amines) is 1. The standard InChI is InChI=1S/C21H22ClNO2/c1-2-23-11-10-20(24)18(14-23)12-17-8-9-21(19(22)13-17)25-15-16-6-4-3-5-7-16/h3-9,12-13H,2,10-11,14-15H2,1H3/b18-12+. The van der Waals surface area contributed by atoms with E-state index in [4.69, 9.17) is 16.3 Å². The minimum absolute atomic E-state index is 0.227. The van der Waals surface area contributed by atoms with Crippen LogP contribution < -0.4 is 4.74 Å². The topological polar surface area (TPSA) is 29.5 Å². The minimum atomic E-state index is 0.227. The highest BCUT2D eigenvalue weighted by molar-refractivity contribution is 6.32. The summed E-state index contributed by atoms with van der Waals surface area (Å²) in [5, 5.41) is 0.556. The number of likely N-dealkylation sites (N-methyl/N-ethyl adjacent to an activating group) is 1. The molecule has 3 rings (SSSR count). The van der Waals surface area contributed by atoms with Gasteiger partial charge in [0, 0.05) is 25.1 Å². The second-order valence-electron chi connectivity index (χ2n) is 6.18. The Morgan fingerprint density at radius 2 is 2.00 bits per heavy atom. The van der Waals surface area contributed by atoms with Crippen molar-refractivity contribution in [3.8, 4) is 5.75 Å². The molecule has 0 bridgehead atoms. The largest absolute Gasteiger partial charge is 0.487 e. The van der Waals surface area contributed by atoms with Crippen LogP contribution in [0.4, 0.5) is 0 Å². The van der Waals surface area contributed by atoms with Crippen molar-refractivity contribution in [3.63, 3.8) is 0 Å². The molecular weight excluding hydrogens is 334 g/mol. The van der Waals surface area contributed by atoms with E-state index in [9.17, 15) is 4.79 Å². The van der Waals surface area contributed by atoms with Gasteiger partial charge >= 0.3 is 0 Å². The van der Waals surface area contributed by atoms with Crippen molar-refractivity contribution in [1.29, 1.82) is 0 Å². The first-order valence-electron chi connectivity index (χ1n) is 8.58. The molecule has 0 aliphatic carbocycles. The Hall–Kier alpha value is -2.10. The molecule has 2 aromatic carbocycles. The van der Waals surface area contributed by atoms with E-state index in [0.29, 0.717) is 30.3 Å². The lowest BCUT2D eigenvalue weighted by Crippen LogP contribution is -2.35. The van der Waals surface area contributed by atoms with Gasteiger partial charge in [0.15, 0.2) is 5.78 Å². The summed E-state index contributed by atoms with van der Waals surface area (Å²) in [6.07, 6.45) is 2.53. The molecule has 1 saturated heterocycles. The molecule has 25 heavy (non-hydrogen) atoms. The molecule has 130 valence electrons. The number of ether oxygens (including phenoxy) is 1. The van der Waals surface area contributed by atoms with Gasteiger partial charge in [-0.05, 0) is 35.9 Å². The van der Waals surface area contributed by atoms with Gasteiger partial charge in [-0.2, -0.15) is 0 Å². The Balaban J connectivity index is 1.71. The Bertz CT molecular complexity index is 771. The number of ketones is 1. The fraction of sp³-hybridized carbons (Fsp3) is 0.286. The Morgan fingerprint density at radius 3 is 2.72 bits per heavy atom. The maximum absolute atomic E-state index is 12.1. The summed E-state index contributed by atoms with van der Waals surface area (Å²) in [5.41, 5.74) is 2.87. The molecule has 0 saturated carbocycles. The van der Waals surface area contributed by atoms with Gasteiger partial charge in [0.05, 0.1) is 5.02 Å². The van der Waals surface area contributed by atoms with Crippen LogP contribution in [-0.2, 0) is 11.4 Å². The highest BCUT2D eigenvalue weighted by atomic mass is 35.5. The first-order chi connectivity index (χ1) is 12.2. The number of nitrogens with zero attached hydrogens (tertiary/aromatic N) is 1. The van der Waals surface area contributed by atoms with Crippen molar-refractivity contribution in [3.05, 3.63) is 70.3 Å². The zero-order chi connectivity index (χ0) is 17.6. The van der Waals surface area contributed by atoms with Gasteiger partial charge in [0.25, 0.3) is 0 Å². The van der Waals surface area contributed by atoms with Crippen molar-refractivity contribution in [2.75, 3.05) is 19.6 Å². The normalized spacial score (nSPS) is 17.0. The molecule has 1 fully saturated rings. The van der Waals surface area contributed by atoms with E-state index < -0.39 is 0 Å². The third-order valence-corrected chi connectivity index (χ3v) is 4.68. The molecule has 0 spiro atoms. The predicted octanol–water partition coefficient (Wildman–Crippen LogP) is 4.60. The molecule has 1 aliphatic heterocycles. The molecule has 3 nitrogen and oxygen atoms in total. The molecular formula is C21H22ClNO2. The fourth-order valence-corrected chi connectivity index (χ4v) is 3.13. The number of piperidine rings is 1. The number of hydrogen-bond donors (Lipinski definition) is 0. The molecule has 0 N–H and O–H groups in total. The third kappa shape index (κ3) is 4.71. The molecule has 0 radical (unpaired) electrons. The first-order valence-corrected chi connectivity index (χ1v) is 8.96. The van der Waals surface area contributed by atoms with Crippen LogP contribution in [0.15, 0.2) is 54.1 Å². The summed E-state index contributed by atoms with van der Waals surface area (Å²) in [4.78, 5) is 14.4. The van der Waals surface area contributed by atoms with E-state index >= 15 is 0 Å². The van der Waals surface area contributed by atoms with Crippen LogP contribution in [0.2, 0.25) is 5.02 Å². The summed E-state index contributed by atoms with van der Waals surface area (Å²) < 4.78 is 5.80. The van der Waals surface area contributed by atoms with Gasteiger partial charge in [-0.25, -0.2) is 0 Å². The fourth-order valence-electron chi connectivity index (χ4n) is 2.88. The highest BCUT2D eigenvalue weighted by Crippen LogP contribution is 2.28. The van der Waals surface area contributed by atoms with E-state index in [1.165, 1.54) is 0 Å². The summed E-state index contributed by atoms with van der Waals surface area (Å²) in [7, 11) is 0. The van der Waals surface area contributed by atoms with Gasteiger partial charge in [0.2, 0.25) is 0 Å². The van der Waals surface area contributed by atoms with Gasteiger partial charge in [0.1, 0.15) is 12.4 Å². The van der Waals surface area contributed by atoms with Crippen molar-refractivity contribution in [2.24, 2.45) is 0 Å². The second-order valence-corrected chi connectivity index (χ2v) is 6.58. The van der Waals surface area contributed by atoms with Crippen LogP contribution in [0.1, 0.15) is 24.5 Å². The summed E-state index contributed by atoms with van der Waals surface area (Å²) >= 11 is 6.36. The van der Waals surface area contributed by atoms with Crippen molar-refractivity contribution < 1.29 is 9.53 Å². The predicted molar refractivity (Wildman–Crippen MR) is 102 cm³/mol. The molecule has 2 aromatic rings. The molecule has 0 atom stereocenters. The number of carbonyl (C=O) groups excluding carboxylic acids is 1. The molecule has 0 amide bonds. The van der Waals surface area contributed by atoms with E-state index in [1.54, 1.807) is 0 Å². The smallest absolute Gasteiger partial charge is 0.161 e. The summed E-state index contributed by atoms with van der Waals surface area (Å²) in [6, 6.07) is 15.6. The van der Waals surface area contributed by atoms with Crippen LogP contribution in [0, 0.1) is 0 Å². The number of carbonyl (C=O) groups is 1. The van der Waals surface area contributed by atoms with E-state index in [1.807, 2.05) is 54.6 Å². The Morgan fingerprint density at radius 1 is 1.20 bits per heavy atom. The SMILES string of the molecule is CCN1CCC(=O)/C(=C/c2ccc(OCc3ccccc3)c(Cl)c2)C1. The molecule has 1 heterocycles. The van der Waals surface area contributed by atoms with Crippen molar-refractivity contribution in [1.82, 2.24) is 4.90 Å². The second kappa shape index (κ2) is 8.32. The lowest BCUT2D eigenvalue weighted by Gasteiger charge is -2.26. The monoisotopic (exact) mass is 355 g/mol. The lowest BCUT2D eigenvalue weighted by molar-refractivity contribution is -0.117. The quantitative estimate of drug-likeness (QED) is 0.734. The summed E-state index contributed by atoms with van der Waals surface area (Å²) in [6.45, 7) is 5.10. The molecule has 1 aliphatic rings. The van der Waals surface area contributed by atoms with Gasteiger partial charge in [-0.1, -0.05) is 54.9 Å². The van der Waals surface area contributed by atoms with Crippen LogP contribution in [0.5, 0.6) is 5.75 Å². The third-order valence-electron chi connectivity index (χ3n) is 4.39.